The molecule has 0 bridgehead atoms. The first kappa shape index (κ1) is 39.8. The van der Waals surface area contributed by atoms with Crippen molar-refractivity contribution in [3.8, 4) is 0 Å². The van der Waals surface area contributed by atoms with Crippen molar-refractivity contribution in [1.29, 1.82) is 0 Å². The van der Waals surface area contributed by atoms with Gasteiger partial charge in [0.2, 0.25) is 0 Å². The first-order valence-electron chi connectivity index (χ1n) is 17.7. The fourth-order valence-electron chi connectivity index (χ4n) is 9.76. The van der Waals surface area contributed by atoms with Crippen LogP contribution in [0.25, 0.3) is 0 Å². The Kier molecular flexibility index (Phi) is 11.9. The number of hydrogen-bond donors (Lipinski definition) is 10. The molecule has 6 fully saturated rings. The van der Waals surface area contributed by atoms with E-state index in [4.69, 9.17) is 17.3 Å². The third-order valence-electron chi connectivity index (χ3n) is 12.1. The van der Waals surface area contributed by atoms with E-state index in [1.807, 2.05) is 0 Å². The maximum atomic E-state index is 14.0. The third-order valence-corrected chi connectivity index (χ3v) is 16.2. The molecule has 5 saturated carbocycles. The highest BCUT2D eigenvalue weighted by Crippen LogP contribution is 2.47. The second-order valence-electron chi connectivity index (χ2n) is 15.2. The van der Waals surface area contributed by atoms with Crippen molar-refractivity contribution in [1.82, 2.24) is 31.9 Å². The molecular weight excluding hydrogens is 754 g/mol. The zero-order chi connectivity index (χ0) is 37.0. The molecule has 0 radical (unpaired) electrons. The number of halogens is 1. The maximum Gasteiger partial charge on any atom is 0.269 e. The van der Waals surface area contributed by atoms with Crippen LogP contribution in [0.2, 0.25) is 0 Å². The quantitative estimate of drug-likeness (QED) is 0.0725. The van der Waals surface area contributed by atoms with Crippen molar-refractivity contribution >= 4 is 53.5 Å². The van der Waals surface area contributed by atoms with Crippen molar-refractivity contribution in [3.63, 3.8) is 0 Å². The predicted molar refractivity (Wildman–Crippen MR) is 185 cm³/mol. The van der Waals surface area contributed by atoms with Gasteiger partial charge in [-0.2, -0.15) is 25.3 Å². The molecule has 0 aromatic carbocycles. The molecule has 11 N–H and O–H groups in total. The molecule has 18 nitrogen and oxygen atoms in total. The van der Waals surface area contributed by atoms with Crippen molar-refractivity contribution < 1.29 is 48.5 Å². The zero-order valence-corrected chi connectivity index (χ0v) is 31.1. The lowest BCUT2D eigenvalue weighted by molar-refractivity contribution is -0.153. The number of Topliss-reactive ketones (excluding diaryl/α,β-unsaturated/α-hetero) is 2. The lowest BCUT2D eigenvalue weighted by Crippen LogP contribution is -2.76. The molecule has 5 aliphatic carbocycles. The Morgan fingerprint density at radius 3 is 1.80 bits per heavy atom. The number of carbonyl (C=O) groups excluding carboxylic acids is 2. The fourth-order valence-corrected chi connectivity index (χ4v) is 13.0. The van der Waals surface area contributed by atoms with E-state index in [1.165, 1.54) is 0 Å². The highest BCUT2D eigenvalue weighted by molar-refractivity contribution is 7.87. The predicted octanol–water partition coefficient (Wildman–Crippen LogP) is -1.45. The van der Waals surface area contributed by atoms with Crippen LogP contribution in [-0.2, 0) is 39.9 Å². The first-order chi connectivity index (χ1) is 23.8. The first-order valence-corrected chi connectivity index (χ1v) is 22.7. The van der Waals surface area contributed by atoms with Crippen LogP contribution in [0, 0.1) is 23.7 Å². The Hall–Kier alpha value is -0.920. The number of fused-ring (bicyclic) bond motifs is 2. The second-order valence-corrected chi connectivity index (χ2v) is 20.6. The molecule has 292 valence electrons. The summed E-state index contributed by atoms with van der Waals surface area (Å²) in [6.45, 7) is 0. The van der Waals surface area contributed by atoms with Gasteiger partial charge in [-0.05, 0) is 57.8 Å². The Morgan fingerprint density at radius 1 is 0.608 bits per heavy atom. The Morgan fingerprint density at radius 2 is 1.20 bits per heavy atom. The van der Waals surface area contributed by atoms with E-state index in [0.717, 1.165) is 12.8 Å². The third kappa shape index (κ3) is 8.82. The van der Waals surface area contributed by atoms with Gasteiger partial charge < -0.3 is 11.1 Å². The number of hydrogen-bond acceptors (Lipinski definition) is 15. The number of rotatable bonds is 9. The summed E-state index contributed by atoms with van der Waals surface area (Å²) in [6, 6.07) is -3.77. The fraction of sp³-hybridized carbons (Fsp3) is 0.931. The molecule has 6 aliphatic rings. The van der Waals surface area contributed by atoms with Gasteiger partial charge in [0.25, 0.3) is 30.4 Å². The highest BCUT2D eigenvalue weighted by atomic mass is 35.5. The molecule has 1 heterocycles. The van der Waals surface area contributed by atoms with E-state index in [2.05, 4.69) is 31.9 Å². The summed E-state index contributed by atoms with van der Waals surface area (Å²) in [7, 11) is -13.5. The van der Waals surface area contributed by atoms with Crippen molar-refractivity contribution in [2.75, 3.05) is 0 Å². The summed E-state index contributed by atoms with van der Waals surface area (Å²) in [4.78, 5) is 27.8. The van der Waals surface area contributed by atoms with Crippen molar-refractivity contribution in [2.24, 2.45) is 29.4 Å². The maximum absolute atomic E-state index is 14.0. The summed E-state index contributed by atoms with van der Waals surface area (Å²) in [5.41, 5.74) is 5.54. The van der Waals surface area contributed by atoms with Crippen LogP contribution >= 0.6 is 11.6 Å². The Bertz CT molecular complexity index is 1660. The lowest BCUT2D eigenvalue weighted by atomic mass is 9.56. The van der Waals surface area contributed by atoms with E-state index in [0.29, 0.717) is 32.1 Å². The summed E-state index contributed by atoms with van der Waals surface area (Å²) < 4.78 is 104. The number of nitrogens with two attached hydrogens (primary N) is 1. The van der Waals surface area contributed by atoms with Gasteiger partial charge in [-0.25, -0.2) is 0 Å². The molecule has 1 aliphatic heterocycles. The molecule has 22 heteroatoms. The van der Waals surface area contributed by atoms with Gasteiger partial charge in [-0.1, -0.05) is 30.9 Å². The minimum atomic E-state index is -4.70. The summed E-state index contributed by atoms with van der Waals surface area (Å²) in [5.74, 6) is -3.39. The molecule has 1 saturated heterocycles. The monoisotopic (exact) mass is 803 g/mol. The average molecular weight is 804 g/mol. The second kappa shape index (κ2) is 15.3. The molecule has 0 spiro atoms. The number of carbonyl (C=O) groups is 2. The number of alkyl halides is 1. The number of nitrogens with one attached hydrogen (secondary N) is 6. The molecular formula is C29H50ClN7O11S3. The van der Waals surface area contributed by atoms with Crippen LogP contribution in [0.3, 0.4) is 0 Å². The van der Waals surface area contributed by atoms with E-state index in [9.17, 15) is 48.5 Å². The van der Waals surface area contributed by atoms with Gasteiger partial charge in [0.05, 0.1) is 5.25 Å². The van der Waals surface area contributed by atoms with E-state index in [1.54, 1.807) is 0 Å². The molecule has 15 unspecified atom stereocenters. The largest absolute Gasteiger partial charge is 0.326 e. The van der Waals surface area contributed by atoms with Crippen molar-refractivity contribution in [3.05, 3.63) is 0 Å². The van der Waals surface area contributed by atoms with E-state index in [-0.39, 0.29) is 49.7 Å². The van der Waals surface area contributed by atoms with Gasteiger partial charge in [0.15, 0.2) is 0 Å². The highest BCUT2D eigenvalue weighted by Gasteiger charge is 2.60. The standard InChI is InChI=1S/C29H50ClN7O11S3/c30-27-35-28(33-13-4-3-5-15(10-13)49(40,41)42)37-29(36-27)34-18-11-14(8-9-20(18)50(43,44)45)32-19-12-21(51(46,47)48)24(31)23-22(19)25(38)16-6-1-2-7-17(16)26(23)39/h13-24,27-29,32-37H,1-12,31H2,(H,40,41,42)(H,43,44,45)(H,46,47,48). The molecule has 0 aromatic rings. The Balaban J connectivity index is 1.18. The summed E-state index contributed by atoms with van der Waals surface area (Å²) in [6.07, 6.45) is 3.04. The van der Waals surface area contributed by atoms with Gasteiger partial charge in [0.1, 0.15) is 40.3 Å². The SMILES string of the molecule is NC1C2C(=O)C3CCCCC3C(=O)C2C(NC2CCC(S(=O)(=O)O)C(NC3NC(Cl)NC(NC4CCCC(S(=O)(=O)O)C4)N3)C2)CC1S(=O)(=O)O. The molecule has 51 heavy (non-hydrogen) atoms. The lowest BCUT2D eigenvalue weighted by Gasteiger charge is -2.51. The van der Waals surface area contributed by atoms with Gasteiger partial charge in [0, 0.05) is 53.9 Å². The molecule has 15 atom stereocenters. The zero-order valence-electron chi connectivity index (χ0n) is 27.9. The smallest absolute Gasteiger partial charge is 0.269 e. The van der Waals surface area contributed by atoms with Crippen LogP contribution in [0.15, 0.2) is 0 Å². The average Bonchev–Trinajstić information content (AvgIpc) is 3.02. The minimum Gasteiger partial charge on any atom is -0.326 e. The summed E-state index contributed by atoms with van der Waals surface area (Å²) in [5, 5.41) is 15.4. The van der Waals surface area contributed by atoms with Crippen LogP contribution in [0.4, 0.5) is 0 Å². The van der Waals surface area contributed by atoms with Gasteiger partial charge >= 0.3 is 0 Å². The van der Waals surface area contributed by atoms with Crippen LogP contribution in [0.5, 0.6) is 0 Å². The van der Waals surface area contributed by atoms with Crippen LogP contribution in [0.1, 0.15) is 77.0 Å². The topological polar surface area (TPSA) is 295 Å². The van der Waals surface area contributed by atoms with E-state index < -0.39 is 112 Å². The summed E-state index contributed by atoms with van der Waals surface area (Å²) >= 11 is 6.43. The van der Waals surface area contributed by atoms with Gasteiger partial charge in [-0.15, -0.1) is 0 Å². The molecule has 0 aromatic heterocycles. The number of ketones is 2. The van der Waals surface area contributed by atoms with Gasteiger partial charge in [-0.3, -0.25) is 49.8 Å². The molecule has 6 rings (SSSR count). The van der Waals surface area contributed by atoms with Crippen LogP contribution < -0.4 is 37.6 Å². The van der Waals surface area contributed by atoms with Crippen molar-refractivity contribution in [2.45, 2.75) is 141 Å². The molecule has 0 amide bonds. The minimum absolute atomic E-state index is 0.00382. The van der Waals surface area contributed by atoms with Crippen LogP contribution in [-0.4, -0.2) is 115 Å². The normalized spacial score (nSPS) is 44.4. The van der Waals surface area contributed by atoms with E-state index >= 15 is 0 Å². The Labute approximate surface area is 303 Å².